The van der Waals surface area contributed by atoms with E-state index in [4.69, 9.17) is 6.58 Å². The zero-order valence-electron chi connectivity index (χ0n) is 3.73. The molecule has 29 valence electrons. The molecule has 0 aromatic rings. The summed E-state index contributed by atoms with van der Waals surface area (Å²) in [6.07, 6.45) is 0. The molecule has 0 aliphatic carbocycles. The van der Waals surface area contributed by atoms with Crippen LogP contribution in [0.2, 0.25) is 13.1 Å². The van der Waals surface area contributed by atoms with Gasteiger partial charge in [-0.3, -0.25) is 0 Å². The van der Waals surface area contributed by atoms with Gasteiger partial charge in [0, 0.05) is 0 Å². The highest BCUT2D eigenvalue weighted by Crippen LogP contribution is 1.73. The van der Waals surface area contributed by atoms with Crippen LogP contribution < -0.4 is 0 Å². The molecule has 0 amide bonds. The molecule has 0 nitrogen and oxygen atoms in total. The lowest BCUT2D eigenvalue weighted by molar-refractivity contribution is 2.00. The molecule has 5 heavy (non-hydrogen) atoms. The number of hydrogen-bond donors (Lipinski definition) is 0. The van der Waals surface area contributed by atoms with Crippen LogP contribution in [0.25, 0.3) is 0 Å². The third-order valence-electron chi connectivity index (χ3n) is 0.385. The van der Waals surface area contributed by atoms with Crippen molar-refractivity contribution in [2.75, 3.05) is 0 Å². The van der Waals surface area contributed by atoms with Crippen LogP contribution in [-0.4, -0.2) is 8.80 Å². The molecule has 0 rings (SSSR count). The van der Waals surface area contributed by atoms with Crippen molar-refractivity contribution in [1.82, 2.24) is 0 Å². The fraction of sp³-hybridized carbons (Fsp3) is 0.500. The van der Waals surface area contributed by atoms with E-state index in [-0.39, 0.29) is 0 Å². The monoisotopic (exact) mass is 85.0 g/mol. The summed E-state index contributed by atoms with van der Waals surface area (Å²) >= 11 is 0. The molecule has 0 unspecified atom stereocenters. The Labute approximate surface area is 35.1 Å². The van der Waals surface area contributed by atoms with Crippen LogP contribution in [0.4, 0.5) is 0 Å². The van der Waals surface area contributed by atoms with Crippen LogP contribution in [0.1, 0.15) is 0 Å². The smallest absolute Gasteiger partial charge is 0.0554 e. The van der Waals surface area contributed by atoms with Crippen molar-refractivity contribution in [3.8, 4) is 0 Å². The van der Waals surface area contributed by atoms with E-state index in [0.29, 0.717) is 0 Å². The van der Waals surface area contributed by atoms with Crippen LogP contribution in [0.3, 0.4) is 0 Å². The predicted molar refractivity (Wildman–Crippen MR) is 27.7 cm³/mol. The van der Waals surface area contributed by atoms with E-state index in [0.717, 1.165) is 0 Å². The molecule has 0 aliphatic rings. The average Bonchev–Trinajstić information content (AvgIpc) is 1.38. The summed E-state index contributed by atoms with van der Waals surface area (Å²) in [5.41, 5.74) is 1.81. The molecule has 0 spiro atoms. The molecule has 0 heterocycles. The Bertz CT molecular complexity index is 30.6. The Morgan fingerprint density at radius 2 is 1.80 bits per heavy atom. The Morgan fingerprint density at radius 1 is 1.60 bits per heavy atom. The van der Waals surface area contributed by atoms with Gasteiger partial charge in [0.1, 0.15) is 0 Å². The first-order valence-corrected chi connectivity index (χ1v) is 4.80. The third kappa shape index (κ3) is 3.96. The van der Waals surface area contributed by atoms with Gasteiger partial charge in [-0.15, -0.1) is 0 Å². The van der Waals surface area contributed by atoms with E-state index in [1.165, 1.54) is 0 Å². The van der Waals surface area contributed by atoms with Gasteiger partial charge in [-0.25, -0.2) is 0 Å². The standard InChI is InChI=1S/C4H9Si/c1-4-5(2)3/h1,4-5H,2-3H3. The molecule has 0 saturated heterocycles. The van der Waals surface area contributed by atoms with E-state index in [9.17, 15) is 0 Å². The average molecular weight is 85.2 g/mol. The van der Waals surface area contributed by atoms with Crippen LogP contribution in [0.15, 0.2) is 5.70 Å². The quantitative estimate of drug-likeness (QED) is 0.417. The second-order valence-electron chi connectivity index (χ2n) is 1.44. The van der Waals surface area contributed by atoms with E-state index in [1.54, 1.807) is 5.70 Å². The highest BCUT2D eigenvalue weighted by Gasteiger charge is 1.77. The van der Waals surface area contributed by atoms with E-state index in [1.807, 2.05) is 0 Å². The maximum atomic E-state index is 5.11. The van der Waals surface area contributed by atoms with Crippen molar-refractivity contribution >= 4 is 8.80 Å². The van der Waals surface area contributed by atoms with Gasteiger partial charge < -0.3 is 0 Å². The largest absolute Gasteiger partial charge is 0.0982 e. The topological polar surface area (TPSA) is 0 Å². The first-order chi connectivity index (χ1) is 2.27. The lowest BCUT2D eigenvalue weighted by Gasteiger charge is -1.80. The van der Waals surface area contributed by atoms with Crippen molar-refractivity contribution in [2.24, 2.45) is 0 Å². The molecular formula is C4H9Si. The summed E-state index contributed by atoms with van der Waals surface area (Å²) in [4.78, 5) is 0. The molecule has 0 N–H and O–H groups in total. The summed E-state index contributed by atoms with van der Waals surface area (Å²) in [5.74, 6) is 0. The van der Waals surface area contributed by atoms with Gasteiger partial charge in [-0.05, 0) is 0 Å². The molecule has 1 heteroatoms. The lowest BCUT2D eigenvalue weighted by atomic mass is 11.3. The second kappa shape index (κ2) is 2.21. The highest BCUT2D eigenvalue weighted by atomic mass is 28.3. The molecule has 0 saturated carbocycles. The van der Waals surface area contributed by atoms with Gasteiger partial charge in [-0.1, -0.05) is 25.4 Å². The fourth-order valence-electron chi connectivity index (χ4n) is 0. The lowest BCUT2D eigenvalue weighted by Crippen LogP contribution is -1.89. The Morgan fingerprint density at radius 3 is 1.80 bits per heavy atom. The van der Waals surface area contributed by atoms with Crippen LogP contribution in [-0.2, 0) is 0 Å². The van der Waals surface area contributed by atoms with Gasteiger partial charge in [-0.2, -0.15) is 0 Å². The van der Waals surface area contributed by atoms with E-state index >= 15 is 0 Å². The Kier molecular flexibility index (Phi) is 2.19. The van der Waals surface area contributed by atoms with E-state index in [2.05, 4.69) is 13.1 Å². The minimum Gasteiger partial charge on any atom is -0.0982 e. The van der Waals surface area contributed by atoms with Crippen molar-refractivity contribution in [3.05, 3.63) is 12.3 Å². The summed E-state index contributed by atoms with van der Waals surface area (Å²) in [5, 5.41) is 0. The molecule has 0 atom stereocenters. The molecule has 0 aromatic heterocycles. The van der Waals surface area contributed by atoms with Crippen LogP contribution >= 0.6 is 0 Å². The van der Waals surface area contributed by atoms with Crippen LogP contribution in [0, 0.1) is 6.58 Å². The number of rotatable bonds is 1. The molecule has 1 radical (unpaired) electrons. The molecule has 0 aliphatic heterocycles. The first-order valence-electron chi connectivity index (χ1n) is 1.82. The first kappa shape index (κ1) is 4.96. The SMILES string of the molecule is [CH]=C[SiH](C)C. The highest BCUT2D eigenvalue weighted by molar-refractivity contribution is 6.61. The van der Waals surface area contributed by atoms with Gasteiger partial charge in [0.05, 0.1) is 8.80 Å². The minimum atomic E-state index is -0.497. The molecular weight excluding hydrogens is 76.1 g/mol. The Balaban J connectivity index is 2.83. The maximum Gasteiger partial charge on any atom is 0.0554 e. The fourth-order valence-corrected chi connectivity index (χ4v) is 0. The summed E-state index contributed by atoms with van der Waals surface area (Å²) in [6, 6.07) is 0. The zero-order chi connectivity index (χ0) is 4.28. The van der Waals surface area contributed by atoms with Gasteiger partial charge >= 0.3 is 0 Å². The summed E-state index contributed by atoms with van der Waals surface area (Å²) in [7, 11) is -0.497. The molecule has 0 bridgehead atoms. The normalized spacial score (nSPS) is 8.60. The van der Waals surface area contributed by atoms with Crippen molar-refractivity contribution in [3.63, 3.8) is 0 Å². The van der Waals surface area contributed by atoms with Crippen molar-refractivity contribution in [1.29, 1.82) is 0 Å². The Hall–Kier alpha value is -0.0431. The molecule has 0 fully saturated rings. The predicted octanol–water partition coefficient (Wildman–Crippen LogP) is 1.00. The van der Waals surface area contributed by atoms with E-state index < -0.39 is 8.80 Å². The summed E-state index contributed by atoms with van der Waals surface area (Å²) < 4.78 is 0. The van der Waals surface area contributed by atoms with Crippen LogP contribution in [0.5, 0.6) is 0 Å². The maximum absolute atomic E-state index is 5.11. The zero-order valence-corrected chi connectivity index (χ0v) is 4.89. The summed E-state index contributed by atoms with van der Waals surface area (Å²) in [6.45, 7) is 9.47. The second-order valence-corrected chi connectivity index (χ2v) is 4.31. The van der Waals surface area contributed by atoms with Crippen molar-refractivity contribution in [2.45, 2.75) is 13.1 Å². The van der Waals surface area contributed by atoms with Crippen molar-refractivity contribution < 1.29 is 0 Å². The minimum absolute atomic E-state index is 0.497. The third-order valence-corrected chi connectivity index (χ3v) is 1.15. The van der Waals surface area contributed by atoms with Gasteiger partial charge in [0.25, 0.3) is 0 Å². The van der Waals surface area contributed by atoms with Gasteiger partial charge in [0.2, 0.25) is 0 Å². The van der Waals surface area contributed by atoms with Gasteiger partial charge in [0.15, 0.2) is 0 Å². The molecule has 0 aromatic carbocycles. The number of hydrogen-bond acceptors (Lipinski definition) is 0.